The van der Waals surface area contributed by atoms with Crippen molar-refractivity contribution in [2.45, 2.75) is 38.6 Å². The molecule has 1 fully saturated rings. The Hall–Kier alpha value is -2.60. The van der Waals surface area contributed by atoms with Crippen LogP contribution >= 0.6 is 0 Å². The zero-order chi connectivity index (χ0) is 20.4. The summed E-state index contributed by atoms with van der Waals surface area (Å²) in [6, 6.07) is 7.15. The van der Waals surface area contributed by atoms with Gasteiger partial charge in [0.2, 0.25) is 0 Å². The highest BCUT2D eigenvalue weighted by molar-refractivity contribution is 5.98. The molecule has 0 saturated carbocycles. The van der Waals surface area contributed by atoms with Crippen molar-refractivity contribution < 1.29 is 23.4 Å². The maximum Gasteiger partial charge on any atom is 0.255 e. The number of halogens is 1. The Bertz CT molecular complexity index is 922. The Morgan fingerprint density at radius 1 is 1.24 bits per heavy atom. The first kappa shape index (κ1) is 19.7. The number of hydrogen-bond acceptors (Lipinski definition) is 4. The van der Waals surface area contributed by atoms with Crippen LogP contribution in [0, 0.1) is 12.7 Å². The predicted octanol–water partition coefficient (Wildman–Crippen LogP) is 3.58. The molecule has 0 aliphatic carbocycles. The van der Waals surface area contributed by atoms with Gasteiger partial charge in [-0.25, -0.2) is 4.39 Å². The molecular formula is C23H26FNO4. The lowest BCUT2D eigenvalue weighted by Gasteiger charge is -2.24. The van der Waals surface area contributed by atoms with Gasteiger partial charge >= 0.3 is 0 Å². The molecule has 2 aliphatic heterocycles. The van der Waals surface area contributed by atoms with E-state index >= 15 is 0 Å². The van der Waals surface area contributed by atoms with Crippen LogP contribution in [0.4, 0.5) is 4.39 Å². The normalized spacial score (nSPS) is 16.2. The molecule has 1 N–H and O–H groups in total. The summed E-state index contributed by atoms with van der Waals surface area (Å²) in [6.45, 7) is 3.60. The number of aryl methyl sites for hydroxylation is 1. The van der Waals surface area contributed by atoms with Gasteiger partial charge < -0.3 is 19.5 Å². The topological polar surface area (TPSA) is 56.8 Å². The van der Waals surface area contributed by atoms with Crippen LogP contribution < -0.4 is 14.8 Å². The minimum absolute atomic E-state index is 0.0973. The average Bonchev–Trinajstić information content (AvgIpc) is 3.21. The first-order chi connectivity index (χ1) is 14.1. The summed E-state index contributed by atoms with van der Waals surface area (Å²) in [7, 11) is 1.58. The predicted molar refractivity (Wildman–Crippen MR) is 107 cm³/mol. The van der Waals surface area contributed by atoms with E-state index in [1.54, 1.807) is 26.2 Å². The number of methoxy groups -OCH3 is 1. The second-order valence-corrected chi connectivity index (χ2v) is 7.64. The lowest BCUT2D eigenvalue weighted by atomic mass is 9.95. The van der Waals surface area contributed by atoms with E-state index in [2.05, 4.69) is 5.32 Å². The standard InChI is InChI=1S/C23H26FNO4/c1-14-3-4-15(12-20(14)24)11-16-13-19(22(27-2)18-7-10-29-21(16)18)23(26)25-17-5-8-28-9-6-17/h3-4,12-13,17H,5-11H2,1-2H3,(H,25,26). The van der Waals surface area contributed by atoms with E-state index in [1.807, 2.05) is 12.1 Å². The molecule has 2 aliphatic rings. The first-order valence-corrected chi connectivity index (χ1v) is 10.1. The lowest BCUT2D eigenvalue weighted by molar-refractivity contribution is 0.0695. The van der Waals surface area contributed by atoms with Crippen LogP contribution in [0.1, 0.15) is 45.5 Å². The van der Waals surface area contributed by atoms with Crippen molar-refractivity contribution in [1.29, 1.82) is 0 Å². The third-order valence-electron chi connectivity index (χ3n) is 5.64. The van der Waals surface area contributed by atoms with Gasteiger partial charge in [0, 0.05) is 37.7 Å². The molecular weight excluding hydrogens is 373 g/mol. The Labute approximate surface area is 170 Å². The highest BCUT2D eigenvalue weighted by Gasteiger charge is 2.28. The number of carbonyl (C=O) groups is 1. The number of rotatable bonds is 5. The monoisotopic (exact) mass is 399 g/mol. The Kier molecular flexibility index (Phi) is 5.72. The van der Waals surface area contributed by atoms with Crippen molar-refractivity contribution in [2.75, 3.05) is 26.9 Å². The second kappa shape index (κ2) is 8.41. The van der Waals surface area contributed by atoms with Crippen LogP contribution in [0.25, 0.3) is 0 Å². The van der Waals surface area contributed by atoms with Gasteiger partial charge in [0.05, 0.1) is 19.3 Å². The molecule has 5 nitrogen and oxygen atoms in total. The van der Waals surface area contributed by atoms with E-state index in [0.717, 1.165) is 35.3 Å². The summed E-state index contributed by atoms with van der Waals surface area (Å²) in [4.78, 5) is 13.1. The summed E-state index contributed by atoms with van der Waals surface area (Å²) in [6.07, 6.45) is 2.78. The molecule has 0 atom stereocenters. The van der Waals surface area contributed by atoms with Gasteiger partial charge in [0.1, 0.15) is 17.3 Å². The first-order valence-electron chi connectivity index (χ1n) is 10.1. The molecule has 0 radical (unpaired) electrons. The van der Waals surface area contributed by atoms with E-state index < -0.39 is 0 Å². The van der Waals surface area contributed by atoms with Crippen LogP contribution in [0.3, 0.4) is 0 Å². The van der Waals surface area contributed by atoms with Crippen molar-refractivity contribution >= 4 is 5.91 Å². The molecule has 0 bridgehead atoms. The molecule has 1 saturated heterocycles. The van der Waals surface area contributed by atoms with Gasteiger partial charge in [0.25, 0.3) is 5.91 Å². The fraction of sp³-hybridized carbons (Fsp3) is 0.435. The van der Waals surface area contributed by atoms with Crippen LogP contribution in [0.2, 0.25) is 0 Å². The van der Waals surface area contributed by atoms with Crippen LogP contribution in [-0.2, 0) is 17.6 Å². The number of amides is 1. The maximum absolute atomic E-state index is 14.0. The minimum atomic E-state index is -0.231. The van der Waals surface area contributed by atoms with Gasteiger partial charge in [-0.2, -0.15) is 0 Å². The summed E-state index contributed by atoms with van der Waals surface area (Å²) >= 11 is 0. The Morgan fingerprint density at radius 3 is 2.76 bits per heavy atom. The third-order valence-corrected chi connectivity index (χ3v) is 5.64. The van der Waals surface area contributed by atoms with Crippen molar-refractivity contribution in [3.05, 3.63) is 57.9 Å². The van der Waals surface area contributed by atoms with Crippen molar-refractivity contribution in [3.8, 4) is 11.5 Å². The molecule has 2 aromatic carbocycles. The third kappa shape index (κ3) is 4.08. The summed E-state index contributed by atoms with van der Waals surface area (Å²) < 4.78 is 30.9. The second-order valence-electron chi connectivity index (χ2n) is 7.64. The number of fused-ring (bicyclic) bond motifs is 1. The van der Waals surface area contributed by atoms with E-state index in [9.17, 15) is 9.18 Å². The summed E-state index contributed by atoms with van der Waals surface area (Å²) in [5.74, 6) is 0.942. The van der Waals surface area contributed by atoms with Gasteiger partial charge in [-0.1, -0.05) is 12.1 Å². The molecule has 0 spiro atoms. The van der Waals surface area contributed by atoms with Gasteiger partial charge in [-0.3, -0.25) is 4.79 Å². The largest absolute Gasteiger partial charge is 0.495 e. The zero-order valence-electron chi connectivity index (χ0n) is 16.8. The Balaban J connectivity index is 1.68. The van der Waals surface area contributed by atoms with Gasteiger partial charge in [-0.15, -0.1) is 0 Å². The van der Waals surface area contributed by atoms with Crippen molar-refractivity contribution in [2.24, 2.45) is 0 Å². The summed E-state index contributed by atoms with van der Waals surface area (Å²) in [5, 5.41) is 3.11. The molecule has 2 heterocycles. The molecule has 2 aromatic rings. The molecule has 1 amide bonds. The highest BCUT2D eigenvalue weighted by Crippen LogP contribution is 2.40. The van der Waals surface area contributed by atoms with Crippen molar-refractivity contribution in [3.63, 3.8) is 0 Å². The number of carbonyl (C=O) groups excluding carboxylic acids is 1. The van der Waals surface area contributed by atoms with Gasteiger partial charge in [0.15, 0.2) is 0 Å². The Morgan fingerprint density at radius 2 is 2.03 bits per heavy atom. The van der Waals surface area contributed by atoms with E-state index in [1.165, 1.54) is 0 Å². The van der Waals surface area contributed by atoms with Crippen LogP contribution in [0.5, 0.6) is 11.5 Å². The molecule has 4 rings (SSSR count). The minimum Gasteiger partial charge on any atom is -0.495 e. The molecule has 154 valence electrons. The van der Waals surface area contributed by atoms with Gasteiger partial charge in [-0.05, 0) is 48.6 Å². The van der Waals surface area contributed by atoms with E-state index in [4.69, 9.17) is 14.2 Å². The zero-order valence-corrected chi connectivity index (χ0v) is 16.8. The number of benzene rings is 2. The van der Waals surface area contributed by atoms with E-state index in [-0.39, 0.29) is 17.8 Å². The average molecular weight is 399 g/mol. The highest BCUT2D eigenvalue weighted by atomic mass is 19.1. The fourth-order valence-corrected chi connectivity index (χ4v) is 4.03. The molecule has 29 heavy (non-hydrogen) atoms. The number of nitrogens with one attached hydrogen (secondary N) is 1. The molecule has 0 aromatic heterocycles. The van der Waals surface area contributed by atoms with Crippen LogP contribution in [-0.4, -0.2) is 38.9 Å². The number of ether oxygens (including phenoxy) is 3. The fourth-order valence-electron chi connectivity index (χ4n) is 4.03. The quantitative estimate of drug-likeness (QED) is 0.835. The molecule has 6 heteroatoms. The maximum atomic E-state index is 14.0. The lowest BCUT2D eigenvalue weighted by Crippen LogP contribution is -2.39. The smallest absolute Gasteiger partial charge is 0.255 e. The van der Waals surface area contributed by atoms with E-state index in [0.29, 0.717) is 49.5 Å². The van der Waals surface area contributed by atoms with Crippen molar-refractivity contribution in [1.82, 2.24) is 5.32 Å². The SMILES string of the molecule is COc1c(C(=O)NC2CCOCC2)cc(Cc2ccc(C)c(F)c2)c2c1CCO2. The van der Waals surface area contributed by atoms with Crippen LogP contribution in [0.15, 0.2) is 24.3 Å². The molecule has 0 unspecified atom stereocenters. The summed E-state index contributed by atoms with van der Waals surface area (Å²) in [5.41, 5.74) is 3.74. The number of hydrogen-bond donors (Lipinski definition) is 1.